The van der Waals surface area contributed by atoms with Crippen molar-refractivity contribution in [3.05, 3.63) is 0 Å². The fourth-order valence-corrected chi connectivity index (χ4v) is 0.706. The van der Waals surface area contributed by atoms with E-state index in [9.17, 15) is 4.79 Å². The van der Waals surface area contributed by atoms with E-state index < -0.39 is 0 Å². The molecule has 0 spiro atoms. The normalized spacial score (nSPS) is 11.6. The average Bonchev–Trinajstić information content (AvgIpc) is 1.87. The van der Waals surface area contributed by atoms with Crippen LogP contribution in [0.25, 0.3) is 0 Å². The van der Waals surface area contributed by atoms with Crippen molar-refractivity contribution in [2.24, 2.45) is 0 Å². The highest BCUT2D eigenvalue weighted by Crippen LogP contribution is 2.08. The van der Waals surface area contributed by atoms with Crippen LogP contribution in [0, 0.1) is 0 Å². The molecule has 0 amide bonds. The number of Topliss-reactive ketones (excluding diaryl/α,β-unsaturated/α-hetero) is 1. The SMILES string of the molecule is CCC(=O)CC(C)(C)NC. The quantitative estimate of drug-likeness (QED) is 0.643. The zero-order valence-electron chi connectivity index (χ0n) is 7.32. The largest absolute Gasteiger partial charge is 0.314 e. The number of nitrogens with one attached hydrogen (secondary N) is 1. The number of hydrogen-bond acceptors (Lipinski definition) is 2. The summed E-state index contributed by atoms with van der Waals surface area (Å²) in [7, 11) is 1.88. The Morgan fingerprint density at radius 3 is 2.30 bits per heavy atom. The van der Waals surface area contributed by atoms with Crippen LogP contribution in [0.3, 0.4) is 0 Å². The van der Waals surface area contributed by atoms with Crippen molar-refractivity contribution in [3.63, 3.8) is 0 Å². The summed E-state index contributed by atoms with van der Waals surface area (Å²) in [5.41, 5.74) is -0.0346. The molecule has 0 aromatic heterocycles. The predicted molar refractivity (Wildman–Crippen MR) is 43.1 cm³/mol. The highest BCUT2D eigenvalue weighted by molar-refractivity contribution is 5.79. The van der Waals surface area contributed by atoms with E-state index in [0.29, 0.717) is 18.6 Å². The third-order valence-corrected chi connectivity index (χ3v) is 1.71. The number of carbonyl (C=O) groups excluding carboxylic acids is 1. The van der Waals surface area contributed by atoms with Gasteiger partial charge in [0.05, 0.1) is 0 Å². The highest BCUT2D eigenvalue weighted by Gasteiger charge is 2.17. The standard InChI is InChI=1S/C8H17NO/c1-5-7(10)6-8(2,3)9-4/h9H,5-6H2,1-4H3. The van der Waals surface area contributed by atoms with Crippen molar-refractivity contribution in [3.8, 4) is 0 Å². The average molecular weight is 143 g/mol. The van der Waals surface area contributed by atoms with E-state index >= 15 is 0 Å². The number of ketones is 1. The zero-order valence-corrected chi connectivity index (χ0v) is 7.32. The molecule has 0 radical (unpaired) electrons. The number of rotatable bonds is 4. The van der Waals surface area contributed by atoms with Crippen LogP contribution in [0.15, 0.2) is 0 Å². The van der Waals surface area contributed by atoms with Gasteiger partial charge in [0.2, 0.25) is 0 Å². The van der Waals surface area contributed by atoms with Gasteiger partial charge in [0.1, 0.15) is 5.78 Å². The molecular weight excluding hydrogens is 126 g/mol. The van der Waals surface area contributed by atoms with Crippen LogP contribution in [-0.2, 0) is 4.79 Å². The Morgan fingerprint density at radius 1 is 1.50 bits per heavy atom. The number of hydrogen-bond donors (Lipinski definition) is 1. The van der Waals surface area contributed by atoms with Crippen molar-refractivity contribution in [2.75, 3.05) is 7.05 Å². The second kappa shape index (κ2) is 3.71. The molecule has 1 N–H and O–H groups in total. The van der Waals surface area contributed by atoms with Gasteiger partial charge in [0.15, 0.2) is 0 Å². The molecule has 10 heavy (non-hydrogen) atoms. The summed E-state index contributed by atoms with van der Waals surface area (Å²) >= 11 is 0. The van der Waals surface area contributed by atoms with E-state index in [1.165, 1.54) is 0 Å². The summed E-state index contributed by atoms with van der Waals surface area (Å²) in [5, 5.41) is 3.09. The first-order chi connectivity index (χ1) is 4.52. The molecule has 0 aromatic rings. The molecule has 0 aliphatic heterocycles. The minimum atomic E-state index is -0.0346. The Bertz CT molecular complexity index is 118. The second-order valence-corrected chi connectivity index (χ2v) is 3.20. The minimum Gasteiger partial charge on any atom is -0.314 e. The zero-order chi connectivity index (χ0) is 8.20. The summed E-state index contributed by atoms with van der Waals surface area (Å²) in [6, 6.07) is 0. The third-order valence-electron chi connectivity index (χ3n) is 1.71. The monoisotopic (exact) mass is 143 g/mol. The molecule has 0 saturated carbocycles. The first-order valence-corrected chi connectivity index (χ1v) is 3.72. The fourth-order valence-electron chi connectivity index (χ4n) is 0.706. The Morgan fingerprint density at radius 2 is 2.00 bits per heavy atom. The van der Waals surface area contributed by atoms with Crippen molar-refractivity contribution in [2.45, 2.75) is 39.2 Å². The van der Waals surface area contributed by atoms with E-state index in [2.05, 4.69) is 5.32 Å². The highest BCUT2D eigenvalue weighted by atomic mass is 16.1. The first kappa shape index (κ1) is 9.63. The van der Waals surface area contributed by atoms with E-state index in [1.54, 1.807) is 0 Å². The van der Waals surface area contributed by atoms with Crippen LogP contribution in [-0.4, -0.2) is 18.4 Å². The van der Waals surface area contributed by atoms with Crippen molar-refractivity contribution in [1.82, 2.24) is 5.32 Å². The van der Waals surface area contributed by atoms with Gasteiger partial charge >= 0.3 is 0 Å². The van der Waals surface area contributed by atoms with Gasteiger partial charge in [-0.3, -0.25) is 4.79 Å². The lowest BCUT2D eigenvalue weighted by molar-refractivity contribution is -0.119. The van der Waals surface area contributed by atoms with Gasteiger partial charge in [-0.25, -0.2) is 0 Å². The smallest absolute Gasteiger partial charge is 0.134 e. The predicted octanol–water partition coefficient (Wildman–Crippen LogP) is 1.35. The lowest BCUT2D eigenvalue weighted by Gasteiger charge is -2.22. The lowest BCUT2D eigenvalue weighted by Crippen LogP contribution is -2.38. The second-order valence-electron chi connectivity index (χ2n) is 3.20. The third kappa shape index (κ3) is 3.62. The van der Waals surface area contributed by atoms with Crippen molar-refractivity contribution < 1.29 is 4.79 Å². The van der Waals surface area contributed by atoms with Gasteiger partial charge in [0.25, 0.3) is 0 Å². The summed E-state index contributed by atoms with van der Waals surface area (Å²) < 4.78 is 0. The molecule has 0 aromatic carbocycles. The molecule has 0 rings (SSSR count). The molecule has 60 valence electrons. The maximum Gasteiger partial charge on any atom is 0.134 e. The topological polar surface area (TPSA) is 29.1 Å². The first-order valence-electron chi connectivity index (χ1n) is 3.72. The van der Waals surface area contributed by atoms with E-state index in [-0.39, 0.29) is 5.54 Å². The summed E-state index contributed by atoms with van der Waals surface area (Å²) in [5.74, 6) is 0.319. The van der Waals surface area contributed by atoms with Crippen LogP contribution in [0.4, 0.5) is 0 Å². The Balaban J connectivity index is 3.76. The molecule has 0 saturated heterocycles. The van der Waals surface area contributed by atoms with Gasteiger partial charge in [-0.2, -0.15) is 0 Å². The molecule has 0 aliphatic rings. The molecule has 0 fully saturated rings. The Kier molecular flexibility index (Phi) is 3.58. The van der Waals surface area contributed by atoms with Crippen LogP contribution in [0.2, 0.25) is 0 Å². The molecule has 0 bridgehead atoms. The van der Waals surface area contributed by atoms with Gasteiger partial charge in [-0.05, 0) is 20.9 Å². The summed E-state index contributed by atoms with van der Waals surface area (Å²) in [4.78, 5) is 10.9. The van der Waals surface area contributed by atoms with E-state index in [0.717, 1.165) is 0 Å². The Labute approximate surface area is 63.0 Å². The van der Waals surface area contributed by atoms with E-state index in [4.69, 9.17) is 0 Å². The molecule has 2 heteroatoms. The maximum atomic E-state index is 10.9. The van der Waals surface area contributed by atoms with Crippen LogP contribution in [0.1, 0.15) is 33.6 Å². The molecule has 2 nitrogen and oxygen atoms in total. The van der Waals surface area contributed by atoms with E-state index in [1.807, 2.05) is 27.8 Å². The van der Waals surface area contributed by atoms with Crippen LogP contribution in [0.5, 0.6) is 0 Å². The van der Waals surface area contributed by atoms with Crippen LogP contribution < -0.4 is 5.32 Å². The van der Waals surface area contributed by atoms with Crippen LogP contribution >= 0.6 is 0 Å². The summed E-state index contributed by atoms with van der Waals surface area (Å²) in [6.45, 7) is 5.95. The maximum absolute atomic E-state index is 10.9. The van der Waals surface area contributed by atoms with Crippen molar-refractivity contribution >= 4 is 5.78 Å². The van der Waals surface area contributed by atoms with Gasteiger partial charge in [0, 0.05) is 18.4 Å². The summed E-state index contributed by atoms with van der Waals surface area (Å²) in [6.07, 6.45) is 1.27. The molecule has 0 aliphatic carbocycles. The minimum absolute atomic E-state index is 0.0346. The fraction of sp³-hybridized carbons (Fsp3) is 0.875. The Hall–Kier alpha value is -0.370. The van der Waals surface area contributed by atoms with Gasteiger partial charge < -0.3 is 5.32 Å². The van der Waals surface area contributed by atoms with Gasteiger partial charge in [-0.1, -0.05) is 6.92 Å². The molecule has 0 atom stereocenters. The molecular formula is C8H17NO. The van der Waals surface area contributed by atoms with Gasteiger partial charge in [-0.15, -0.1) is 0 Å². The number of carbonyl (C=O) groups is 1. The van der Waals surface area contributed by atoms with Crippen molar-refractivity contribution in [1.29, 1.82) is 0 Å². The lowest BCUT2D eigenvalue weighted by atomic mass is 9.97. The molecule has 0 heterocycles. The molecule has 0 unspecified atom stereocenters.